The summed E-state index contributed by atoms with van der Waals surface area (Å²) < 4.78 is 27.8. The molecule has 26 heavy (non-hydrogen) atoms. The number of carbonyl (C=O) groups is 1. The summed E-state index contributed by atoms with van der Waals surface area (Å²) in [5.41, 5.74) is 3.64. The highest BCUT2D eigenvalue weighted by Gasteiger charge is 2.43. The number of fused-ring (bicyclic) bond motifs is 1. The number of anilines is 1. The van der Waals surface area contributed by atoms with Gasteiger partial charge in [0.25, 0.3) is 5.91 Å². The molecule has 0 bridgehead atoms. The van der Waals surface area contributed by atoms with Gasteiger partial charge in [-0.25, -0.2) is 8.42 Å². The van der Waals surface area contributed by atoms with E-state index in [1.807, 2.05) is 37.3 Å². The highest BCUT2D eigenvalue weighted by atomic mass is 32.2. The van der Waals surface area contributed by atoms with E-state index in [4.69, 9.17) is 0 Å². The quantitative estimate of drug-likeness (QED) is 0.834. The summed E-state index contributed by atoms with van der Waals surface area (Å²) in [7, 11) is -3.46. The van der Waals surface area contributed by atoms with Crippen LogP contribution in [0.3, 0.4) is 0 Å². The van der Waals surface area contributed by atoms with Gasteiger partial charge in [0.2, 0.25) is 10.0 Å². The average Bonchev–Trinajstić information content (AvgIpc) is 2.60. The Balaban J connectivity index is 1.51. The third-order valence-electron chi connectivity index (χ3n) is 5.20. The third-order valence-corrected chi connectivity index (χ3v) is 7.33. The topological polar surface area (TPSA) is 57.7 Å². The predicted octanol–water partition coefficient (Wildman–Crippen LogP) is 2.60. The Kier molecular flexibility index (Phi) is 4.23. The van der Waals surface area contributed by atoms with Gasteiger partial charge in [-0.3, -0.25) is 9.10 Å². The fraction of sp³-hybridized carbons (Fsp3) is 0.350. The van der Waals surface area contributed by atoms with Crippen LogP contribution in [-0.4, -0.2) is 44.1 Å². The monoisotopic (exact) mass is 370 g/mol. The Bertz CT molecular complexity index is 935. The summed E-state index contributed by atoms with van der Waals surface area (Å²) in [6.07, 6.45) is 1.74. The Morgan fingerprint density at radius 3 is 2.54 bits per heavy atom. The minimum atomic E-state index is -3.46. The van der Waals surface area contributed by atoms with Crippen LogP contribution >= 0.6 is 0 Å². The molecular weight excluding hydrogens is 348 g/mol. The summed E-state index contributed by atoms with van der Waals surface area (Å²) >= 11 is 0. The van der Waals surface area contributed by atoms with Crippen molar-refractivity contribution in [3.63, 3.8) is 0 Å². The van der Waals surface area contributed by atoms with Crippen molar-refractivity contribution in [2.45, 2.75) is 25.0 Å². The number of carbonyl (C=O) groups excluding carboxylic acids is 1. The molecule has 1 saturated heterocycles. The second-order valence-electron chi connectivity index (χ2n) is 7.05. The normalized spacial score (nSPS) is 17.6. The first-order chi connectivity index (χ1) is 12.5. The maximum atomic E-state index is 13.1. The van der Waals surface area contributed by atoms with Gasteiger partial charge in [0.1, 0.15) is 5.25 Å². The van der Waals surface area contributed by atoms with Gasteiger partial charge in [0, 0.05) is 25.2 Å². The van der Waals surface area contributed by atoms with Crippen molar-refractivity contribution in [3.05, 3.63) is 65.2 Å². The number of amides is 1. The molecule has 4 rings (SSSR count). The highest BCUT2D eigenvalue weighted by Crippen LogP contribution is 2.33. The minimum Gasteiger partial charge on any atom is -0.336 e. The van der Waals surface area contributed by atoms with Gasteiger partial charge in [0.05, 0.1) is 5.69 Å². The zero-order chi connectivity index (χ0) is 18.3. The molecule has 1 amide bonds. The first-order valence-corrected chi connectivity index (χ1v) is 10.4. The molecule has 0 atom stereocenters. The number of likely N-dealkylation sites (tertiary alicyclic amines) is 1. The fourth-order valence-electron chi connectivity index (χ4n) is 3.69. The van der Waals surface area contributed by atoms with E-state index in [-0.39, 0.29) is 19.0 Å². The SMILES string of the molecule is Cc1ccc2c(c1)CCCN2S(=O)(=O)C1CN(C(=O)c2ccccc2)C1. The van der Waals surface area contributed by atoms with Crippen LogP contribution in [0, 0.1) is 6.92 Å². The molecule has 2 aromatic carbocycles. The number of aryl methyl sites for hydroxylation is 2. The smallest absolute Gasteiger partial charge is 0.253 e. The molecule has 0 radical (unpaired) electrons. The van der Waals surface area contributed by atoms with Crippen molar-refractivity contribution in [3.8, 4) is 0 Å². The molecule has 0 aromatic heterocycles. The van der Waals surface area contributed by atoms with Gasteiger partial charge in [0.15, 0.2) is 0 Å². The van der Waals surface area contributed by atoms with Crippen LogP contribution in [0.2, 0.25) is 0 Å². The number of benzene rings is 2. The molecule has 2 aromatic rings. The van der Waals surface area contributed by atoms with Gasteiger partial charge in [-0.15, -0.1) is 0 Å². The van der Waals surface area contributed by atoms with Crippen LogP contribution in [0.1, 0.15) is 27.9 Å². The number of sulfonamides is 1. The molecule has 2 aliphatic rings. The number of hydrogen-bond acceptors (Lipinski definition) is 3. The Hall–Kier alpha value is -2.34. The van der Waals surface area contributed by atoms with E-state index in [1.54, 1.807) is 21.3 Å². The van der Waals surface area contributed by atoms with Gasteiger partial charge >= 0.3 is 0 Å². The first-order valence-electron chi connectivity index (χ1n) is 8.92. The molecule has 6 heteroatoms. The molecule has 1 fully saturated rings. The van der Waals surface area contributed by atoms with Gasteiger partial charge in [-0.2, -0.15) is 0 Å². The lowest BCUT2D eigenvalue weighted by molar-refractivity contribution is 0.0658. The van der Waals surface area contributed by atoms with Crippen molar-refractivity contribution in [2.24, 2.45) is 0 Å². The van der Waals surface area contributed by atoms with E-state index in [0.717, 1.165) is 29.7 Å². The standard InChI is InChI=1S/C20H22N2O3S/c1-15-9-10-19-17(12-15)8-5-11-22(19)26(24,25)18-13-21(14-18)20(23)16-6-3-2-4-7-16/h2-4,6-7,9-10,12,18H,5,8,11,13-14H2,1H3. The summed E-state index contributed by atoms with van der Waals surface area (Å²) in [6.45, 7) is 3.05. The van der Waals surface area contributed by atoms with Crippen molar-refractivity contribution in [1.82, 2.24) is 4.90 Å². The van der Waals surface area contributed by atoms with Crippen molar-refractivity contribution in [2.75, 3.05) is 23.9 Å². The molecule has 136 valence electrons. The van der Waals surface area contributed by atoms with Crippen LogP contribution in [0.5, 0.6) is 0 Å². The molecule has 0 unspecified atom stereocenters. The Morgan fingerprint density at radius 1 is 1.08 bits per heavy atom. The van der Waals surface area contributed by atoms with Crippen LogP contribution < -0.4 is 4.31 Å². The molecular formula is C20H22N2O3S. The summed E-state index contributed by atoms with van der Waals surface area (Å²) in [6, 6.07) is 14.9. The first kappa shape index (κ1) is 17.1. The molecule has 2 heterocycles. The van der Waals surface area contributed by atoms with E-state index in [0.29, 0.717) is 12.1 Å². The molecule has 0 N–H and O–H groups in total. The summed E-state index contributed by atoms with van der Waals surface area (Å²) in [5.74, 6) is -0.105. The average molecular weight is 370 g/mol. The van der Waals surface area contributed by atoms with E-state index < -0.39 is 15.3 Å². The van der Waals surface area contributed by atoms with Crippen molar-refractivity contribution in [1.29, 1.82) is 0 Å². The van der Waals surface area contributed by atoms with E-state index in [1.165, 1.54) is 0 Å². The van der Waals surface area contributed by atoms with Crippen LogP contribution in [0.15, 0.2) is 48.5 Å². The van der Waals surface area contributed by atoms with E-state index in [9.17, 15) is 13.2 Å². The van der Waals surface area contributed by atoms with Crippen LogP contribution in [-0.2, 0) is 16.4 Å². The number of nitrogens with zero attached hydrogens (tertiary/aromatic N) is 2. The lowest BCUT2D eigenvalue weighted by Gasteiger charge is -2.42. The van der Waals surface area contributed by atoms with Crippen LogP contribution in [0.25, 0.3) is 0 Å². The maximum absolute atomic E-state index is 13.1. The zero-order valence-electron chi connectivity index (χ0n) is 14.8. The second-order valence-corrected chi connectivity index (χ2v) is 9.19. The molecule has 5 nitrogen and oxygen atoms in total. The molecule has 2 aliphatic heterocycles. The van der Waals surface area contributed by atoms with Gasteiger partial charge in [-0.1, -0.05) is 35.9 Å². The Labute approximate surface area is 154 Å². The molecule has 0 aliphatic carbocycles. The lowest BCUT2D eigenvalue weighted by Crippen LogP contribution is -2.60. The highest BCUT2D eigenvalue weighted by molar-refractivity contribution is 7.93. The van der Waals surface area contributed by atoms with E-state index >= 15 is 0 Å². The minimum absolute atomic E-state index is 0.105. The van der Waals surface area contributed by atoms with Crippen molar-refractivity contribution < 1.29 is 13.2 Å². The number of hydrogen-bond donors (Lipinski definition) is 0. The van der Waals surface area contributed by atoms with Gasteiger partial charge in [-0.05, 0) is 43.5 Å². The number of rotatable bonds is 3. The van der Waals surface area contributed by atoms with Gasteiger partial charge < -0.3 is 4.90 Å². The molecule has 0 saturated carbocycles. The largest absolute Gasteiger partial charge is 0.336 e. The summed E-state index contributed by atoms with van der Waals surface area (Å²) in [5, 5.41) is -0.526. The molecule has 0 spiro atoms. The van der Waals surface area contributed by atoms with E-state index in [2.05, 4.69) is 6.07 Å². The zero-order valence-corrected chi connectivity index (χ0v) is 15.6. The van der Waals surface area contributed by atoms with Crippen molar-refractivity contribution >= 4 is 21.6 Å². The Morgan fingerprint density at radius 2 is 1.81 bits per heavy atom. The maximum Gasteiger partial charge on any atom is 0.253 e. The lowest BCUT2D eigenvalue weighted by atomic mass is 10.0. The summed E-state index contributed by atoms with van der Waals surface area (Å²) in [4.78, 5) is 14.0. The van der Waals surface area contributed by atoms with Crippen LogP contribution in [0.4, 0.5) is 5.69 Å². The predicted molar refractivity (Wildman–Crippen MR) is 102 cm³/mol. The fourth-order valence-corrected chi connectivity index (χ4v) is 5.62. The second kappa shape index (κ2) is 6.43. The third kappa shape index (κ3) is 2.88.